The maximum Gasteiger partial charge on any atom is 0.255 e. The topological polar surface area (TPSA) is 59.2 Å². The smallest absolute Gasteiger partial charge is 0.255 e. The van der Waals surface area contributed by atoms with E-state index < -0.39 is 0 Å². The van der Waals surface area contributed by atoms with E-state index in [2.05, 4.69) is 15.3 Å². The molecule has 2 unspecified atom stereocenters. The summed E-state index contributed by atoms with van der Waals surface area (Å²) in [5.74, 6) is 0.631. The van der Waals surface area contributed by atoms with Crippen LogP contribution in [0.3, 0.4) is 0 Å². The molecule has 1 amide bonds. The molecule has 0 aliphatic carbocycles. The number of hydrogen-bond donors (Lipinski definition) is 1. The van der Waals surface area contributed by atoms with Gasteiger partial charge in [0, 0.05) is 49.2 Å². The highest BCUT2D eigenvalue weighted by atomic mass is 16.5. The third-order valence-electron chi connectivity index (χ3n) is 4.54. The molecule has 0 saturated carbocycles. The summed E-state index contributed by atoms with van der Waals surface area (Å²) < 4.78 is 7.74. The van der Waals surface area contributed by atoms with Crippen LogP contribution in [0.5, 0.6) is 5.75 Å². The van der Waals surface area contributed by atoms with Crippen molar-refractivity contribution in [3.63, 3.8) is 0 Å². The van der Waals surface area contributed by atoms with E-state index in [0.29, 0.717) is 18.2 Å². The number of benzene rings is 2. The molecule has 1 saturated heterocycles. The summed E-state index contributed by atoms with van der Waals surface area (Å²) in [6.45, 7) is 2.56. The Bertz CT molecular complexity index is 923. The van der Waals surface area contributed by atoms with E-state index in [9.17, 15) is 4.79 Å². The number of ether oxygens (including phenoxy) is 1. The lowest BCUT2D eigenvalue weighted by Crippen LogP contribution is -2.12. The van der Waals surface area contributed by atoms with Gasteiger partial charge in [0.15, 0.2) is 0 Å². The molecule has 0 spiro atoms. The molecule has 2 aromatic carbocycles. The lowest BCUT2D eigenvalue weighted by Gasteiger charge is -2.09. The van der Waals surface area contributed by atoms with Gasteiger partial charge in [0.05, 0.1) is 12.2 Å². The number of carbonyl (C=O) groups is 1. The molecule has 2 heterocycles. The lowest BCUT2D eigenvalue weighted by molar-refractivity contribution is 0.102. The first-order valence-electron chi connectivity index (χ1n) is 8.98. The van der Waals surface area contributed by atoms with Gasteiger partial charge in [0.1, 0.15) is 12.4 Å². The van der Waals surface area contributed by atoms with Crippen LogP contribution in [0.25, 0.3) is 0 Å². The van der Waals surface area contributed by atoms with Crippen LogP contribution < -0.4 is 10.1 Å². The van der Waals surface area contributed by atoms with Crippen molar-refractivity contribution < 1.29 is 9.53 Å². The van der Waals surface area contributed by atoms with Crippen molar-refractivity contribution in [1.82, 2.24) is 14.7 Å². The van der Waals surface area contributed by atoms with E-state index >= 15 is 0 Å². The summed E-state index contributed by atoms with van der Waals surface area (Å²) in [6, 6.07) is 17.1. The summed E-state index contributed by atoms with van der Waals surface area (Å²) in [5, 5.41) is 7.10. The monoisotopic (exact) mass is 362 g/mol. The Kier molecular flexibility index (Phi) is 4.89. The van der Waals surface area contributed by atoms with Crippen LogP contribution in [-0.2, 0) is 13.6 Å². The SMILES string of the molecule is Cn1cc(CN2CC2COc2cccc(NC(=O)c3ccccc3)c2)cn1. The van der Waals surface area contributed by atoms with Gasteiger partial charge in [-0.1, -0.05) is 24.3 Å². The third-order valence-corrected chi connectivity index (χ3v) is 4.54. The number of amides is 1. The number of nitrogens with zero attached hydrogens (tertiary/aromatic N) is 3. The lowest BCUT2D eigenvalue weighted by atomic mass is 10.2. The Morgan fingerprint density at radius 3 is 2.85 bits per heavy atom. The van der Waals surface area contributed by atoms with Crippen molar-refractivity contribution >= 4 is 11.6 Å². The fraction of sp³-hybridized carbons (Fsp3) is 0.238. The van der Waals surface area contributed by atoms with Gasteiger partial charge < -0.3 is 10.1 Å². The summed E-state index contributed by atoms with van der Waals surface area (Å²) in [4.78, 5) is 14.6. The highest BCUT2D eigenvalue weighted by Gasteiger charge is 2.34. The number of rotatable bonds is 7. The van der Waals surface area contributed by atoms with Gasteiger partial charge in [0.25, 0.3) is 5.91 Å². The average molecular weight is 362 g/mol. The van der Waals surface area contributed by atoms with Crippen molar-refractivity contribution in [3.05, 3.63) is 78.1 Å². The minimum atomic E-state index is -0.127. The predicted molar refractivity (Wildman–Crippen MR) is 104 cm³/mol. The summed E-state index contributed by atoms with van der Waals surface area (Å²) in [5.41, 5.74) is 2.57. The zero-order valence-corrected chi connectivity index (χ0v) is 15.2. The highest BCUT2D eigenvalue weighted by Crippen LogP contribution is 2.24. The van der Waals surface area contributed by atoms with Crippen molar-refractivity contribution in [2.45, 2.75) is 12.6 Å². The van der Waals surface area contributed by atoms with Gasteiger partial charge in [-0.25, -0.2) is 0 Å². The molecule has 1 N–H and O–H groups in total. The molecule has 6 heteroatoms. The predicted octanol–water partition coefficient (Wildman–Crippen LogP) is 2.94. The van der Waals surface area contributed by atoms with Crippen LogP contribution >= 0.6 is 0 Å². The third kappa shape index (κ3) is 4.54. The highest BCUT2D eigenvalue weighted by molar-refractivity contribution is 6.04. The number of hydrogen-bond acceptors (Lipinski definition) is 4. The normalized spacial score (nSPS) is 18.1. The largest absolute Gasteiger partial charge is 0.492 e. The first-order chi connectivity index (χ1) is 13.2. The second-order valence-corrected chi connectivity index (χ2v) is 6.76. The molecule has 138 valence electrons. The Hall–Kier alpha value is -3.12. The second-order valence-electron chi connectivity index (χ2n) is 6.76. The first-order valence-corrected chi connectivity index (χ1v) is 8.98. The standard InChI is InChI=1S/C21H22N4O2/c1-24-12-16(11-22-24)13-25-14-19(25)15-27-20-9-5-8-18(10-20)23-21(26)17-6-3-2-4-7-17/h2-12,19H,13-15H2,1H3,(H,23,26). The van der Waals surface area contributed by atoms with E-state index in [0.717, 1.165) is 24.5 Å². The summed E-state index contributed by atoms with van der Waals surface area (Å²) in [7, 11) is 1.93. The van der Waals surface area contributed by atoms with Crippen molar-refractivity contribution in [3.8, 4) is 5.75 Å². The Balaban J connectivity index is 1.28. The molecule has 6 nitrogen and oxygen atoms in total. The van der Waals surface area contributed by atoms with Crippen molar-refractivity contribution in [1.29, 1.82) is 0 Å². The molecular weight excluding hydrogens is 340 g/mol. The van der Waals surface area contributed by atoms with Gasteiger partial charge in [-0.2, -0.15) is 5.10 Å². The Morgan fingerprint density at radius 2 is 2.07 bits per heavy atom. The Morgan fingerprint density at radius 1 is 1.22 bits per heavy atom. The minimum absolute atomic E-state index is 0.127. The molecule has 27 heavy (non-hydrogen) atoms. The molecule has 1 aliphatic heterocycles. The number of aryl methyl sites for hydroxylation is 1. The maximum absolute atomic E-state index is 12.3. The van der Waals surface area contributed by atoms with Crippen LogP contribution in [0.4, 0.5) is 5.69 Å². The van der Waals surface area contributed by atoms with Crippen LogP contribution in [0, 0.1) is 0 Å². The van der Waals surface area contributed by atoms with Crippen LogP contribution in [0.15, 0.2) is 67.0 Å². The molecular formula is C21H22N4O2. The average Bonchev–Trinajstić information content (AvgIpc) is 3.30. The molecule has 4 rings (SSSR count). The van der Waals surface area contributed by atoms with E-state index in [4.69, 9.17) is 4.74 Å². The van der Waals surface area contributed by atoms with E-state index in [1.807, 2.05) is 66.6 Å². The molecule has 0 radical (unpaired) electrons. The fourth-order valence-corrected chi connectivity index (χ4v) is 3.01. The zero-order chi connectivity index (χ0) is 18.6. The maximum atomic E-state index is 12.3. The molecule has 1 aliphatic rings. The molecule has 0 bridgehead atoms. The molecule has 1 fully saturated rings. The van der Waals surface area contributed by atoms with Gasteiger partial charge in [-0.15, -0.1) is 0 Å². The van der Waals surface area contributed by atoms with Gasteiger partial charge in [-0.05, 0) is 24.3 Å². The molecule has 3 aromatic rings. The first kappa shape index (κ1) is 17.3. The van der Waals surface area contributed by atoms with Gasteiger partial charge >= 0.3 is 0 Å². The Labute approximate surface area is 158 Å². The molecule has 2 atom stereocenters. The number of nitrogens with one attached hydrogen (secondary N) is 1. The van der Waals surface area contributed by atoms with E-state index in [-0.39, 0.29) is 5.91 Å². The van der Waals surface area contributed by atoms with Gasteiger partial charge in [-0.3, -0.25) is 14.4 Å². The van der Waals surface area contributed by atoms with Crippen LogP contribution in [0.2, 0.25) is 0 Å². The van der Waals surface area contributed by atoms with E-state index in [1.54, 1.807) is 12.1 Å². The number of anilines is 1. The number of aromatic nitrogens is 2. The summed E-state index contributed by atoms with van der Waals surface area (Å²) >= 11 is 0. The minimum Gasteiger partial charge on any atom is -0.492 e. The van der Waals surface area contributed by atoms with Crippen LogP contribution in [0.1, 0.15) is 15.9 Å². The summed E-state index contributed by atoms with van der Waals surface area (Å²) in [6.07, 6.45) is 3.93. The van der Waals surface area contributed by atoms with Crippen molar-refractivity contribution in [2.24, 2.45) is 7.05 Å². The second kappa shape index (κ2) is 7.63. The number of carbonyl (C=O) groups excluding carboxylic acids is 1. The fourth-order valence-electron chi connectivity index (χ4n) is 3.01. The van der Waals surface area contributed by atoms with Crippen molar-refractivity contribution in [2.75, 3.05) is 18.5 Å². The quantitative estimate of drug-likeness (QED) is 0.657. The van der Waals surface area contributed by atoms with Crippen LogP contribution in [-0.4, -0.2) is 39.8 Å². The van der Waals surface area contributed by atoms with Gasteiger partial charge in [0.2, 0.25) is 0 Å². The zero-order valence-electron chi connectivity index (χ0n) is 15.2. The molecule has 1 aromatic heterocycles. The van der Waals surface area contributed by atoms with E-state index in [1.165, 1.54) is 5.56 Å².